The summed E-state index contributed by atoms with van der Waals surface area (Å²) in [6, 6.07) is 6.46. The number of halogens is 1. The predicted molar refractivity (Wildman–Crippen MR) is 179 cm³/mol. The Morgan fingerprint density at radius 2 is 1.73 bits per heavy atom. The van der Waals surface area contributed by atoms with Crippen molar-refractivity contribution >= 4 is 11.5 Å². The first-order valence-corrected chi connectivity index (χ1v) is 17.5. The third kappa shape index (κ3) is 6.76. The van der Waals surface area contributed by atoms with Crippen molar-refractivity contribution in [2.75, 3.05) is 36.8 Å². The van der Waals surface area contributed by atoms with Crippen LogP contribution in [0.3, 0.4) is 0 Å². The highest BCUT2D eigenvalue weighted by Gasteiger charge is 2.40. The summed E-state index contributed by atoms with van der Waals surface area (Å²) in [6.45, 7) is 14.7. The number of nitrogens with two attached hydrogens (primary N) is 1. The van der Waals surface area contributed by atoms with E-state index < -0.39 is 6.17 Å². The fraction of sp³-hybridized carbons (Fsp3) is 0.703. The molecular formula is C37H55FN6. The van der Waals surface area contributed by atoms with E-state index in [1.54, 1.807) is 0 Å². The number of anilines is 2. The average Bonchev–Trinajstić information content (AvgIpc) is 3.63. The van der Waals surface area contributed by atoms with Crippen molar-refractivity contribution in [1.29, 1.82) is 5.26 Å². The number of hydrogen-bond donors (Lipinski definition) is 1. The number of benzene rings is 1. The lowest BCUT2D eigenvalue weighted by Crippen LogP contribution is -2.50. The normalized spacial score (nSPS) is 26.2. The molecule has 2 saturated heterocycles. The first-order chi connectivity index (χ1) is 21.2. The molecule has 4 aliphatic rings. The summed E-state index contributed by atoms with van der Waals surface area (Å²) in [5.74, 6) is 4.25. The van der Waals surface area contributed by atoms with Gasteiger partial charge in [-0.2, -0.15) is 5.26 Å². The van der Waals surface area contributed by atoms with Gasteiger partial charge in [-0.1, -0.05) is 65.9 Å². The lowest BCUT2D eigenvalue weighted by molar-refractivity contribution is 0.159. The van der Waals surface area contributed by atoms with E-state index in [1.807, 2.05) is 6.07 Å². The Bertz CT molecular complexity index is 1320. The van der Waals surface area contributed by atoms with Crippen molar-refractivity contribution in [3.05, 3.63) is 45.9 Å². The van der Waals surface area contributed by atoms with E-state index in [1.165, 1.54) is 49.0 Å². The van der Waals surface area contributed by atoms with Crippen LogP contribution in [0.4, 0.5) is 15.9 Å². The van der Waals surface area contributed by atoms with Crippen LogP contribution in [-0.4, -0.2) is 52.8 Å². The quantitative estimate of drug-likeness (QED) is 0.352. The lowest BCUT2D eigenvalue weighted by Gasteiger charge is -2.44. The van der Waals surface area contributed by atoms with Gasteiger partial charge in [-0.3, -0.25) is 4.90 Å². The molecule has 1 aromatic carbocycles. The molecule has 7 heteroatoms. The Balaban J connectivity index is 0.000000296. The second-order valence-electron chi connectivity index (χ2n) is 14.2. The van der Waals surface area contributed by atoms with E-state index in [-0.39, 0.29) is 5.54 Å². The summed E-state index contributed by atoms with van der Waals surface area (Å²) in [5.41, 5.74) is 12.4. The molecule has 6 rings (SSSR count). The molecule has 240 valence electrons. The predicted octanol–water partition coefficient (Wildman–Crippen LogP) is 7.76. The van der Waals surface area contributed by atoms with Crippen LogP contribution in [0.25, 0.3) is 0 Å². The molecule has 1 aromatic heterocycles. The summed E-state index contributed by atoms with van der Waals surface area (Å²) in [4.78, 5) is 14.9. The van der Waals surface area contributed by atoms with Crippen molar-refractivity contribution in [2.24, 2.45) is 11.8 Å². The molecule has 3 unspecified atom stereocenters. The molecule has 1 saturated carbocycles. The molecule has 2 aliphatic carbocycles. The Morgan fingerprint density at radius 1 is 1.00 bits per heavy atom. The van der Waals surface area contributed by atoms with Crippen LogP contribution in [0.1, 0.15) is 132 Å². The van der Waals surface area contributed by atoms with Crippen molar-refractivity contribution in [3.8, 4) is 6.07 Å². The van der Waals surface area contributed by atoms with Gasteiger partial charge in [-0.25, -0.2) is 14.4 Å². The van der Waals surface area contributed by atoms with Gasteiger partial charge in [0.1, 0.15) is 23.9 Å². The largest absolute Gasteiger partial charge is 0.398 e. The minimum Gasteiger partial charge on any atom is -0.398 e. The number of fused-ring (bicyclic) bond motifs is 2. The van der Waals surface area contributed by atoms with Gasteiger partial charge < -0.3 is 10.6 Å². The Morgan fingerprint density at radius 3 is 2.36 bits per heavy atom. The molecule has 0 bridgehead atoms. The Hall–Kier alpha value is -2.72. The van der Waals surface area contributed by atoms with Gasteiger partial charge in [-0.15, -0.1) is 0 Å². The van der Waals surface area contributed by atoms with Crippen molar-refractivity contribution in [3.63, 3.8) is 0 Å². The van der Waals surface area contributed by atoms with E-state index in [0.29, 0.717) is 30.1 Å². The van der Waals surface area contributed by atoms with Crippen LogP contribution in [0.2, 0.25) is 0 Å². The SMILES string of the molecule is CCN1CC(F)CC1(C)CC.CCc1nc2c(c(N3CC(C4CCCC4)C3)n1)CCCCC(C)c1ccc(N)c(C#N)c1C2. The van der Waals surface area contributed by atoms with Gasteiger partial charge in [0, 0.05) is 49.3 Å². The third-order valence-corrected chi connectivity index (χ3v) is 11.4. The maximum Gasteiger partial charge on any atom is 0.135 e. The second-order valence-corrected chi connectivity index (χ2v) is 14.2. The maximum absolute atomic E-state index is 13.0. The first kappa shape index (κ1) is 32.7. The fourth-order valence-electron chi connectivity index (χ4n) is 8.35. The zero-order valence-electron chi connectivity index (χ0n) is 28.0. The van der Waals surface area contributed by atoms with Gasteiger partial charge in [-0.05, 0) is 80.5 Å². The number of aryl methyl sites for hydroxylation is 1. The smallest absolute Gasteiger partial charge is 0.135 e. The molecule has 3 atom stereocenters. The van der Waals surface area contributed by atoms with Crippen molar-refractivity contribution in [1.82, 2.24) is 14.9 Å². The minimum atomic E-state index is -0.597. The van der Waals surface area contributed by atoms with Crippen molar-refractivity contribution < 1.29 is 4.39 Å². The number of nitrogen functional groups attached to an aromatic ring is 1. The number of aromatic nitrogens is 2. The first-order valence-electron chi connectivity index (χ1n) is 17.5. The van der Waals surface area contributed by atoms with E-state index in [9.17, 15) is 9.65 Å². The van der Waals surface area contributed by atoms with Gasteiger partial charge >= 0.3 is 0 Å². The van der Waals surface area contributed by atoms with E-state index >= 15 is 0 Å². The van der Waals surface area contributed by atoms with Crippen LogP contribution >= 0.6 is 0 Å². The number of rotatable bonds is 5. The summed E-state index contributed by atoms with van der Waals surface area (Å²) in [5, 5.41) is 9.95. The molecule has 3 heterocycles. The van der Waals surface area contributed by atoms with E-state index in [2.05, 4.69) is 56.6 Å². The topological polar surface area (TPSA) is 82.1 Å². The fourth-order valence-corrected chi connectivity index (χ4v) is 8.35. The summed E-state index contributed by atoms with van der Waals surface area (Å²) in [6.07, 6.45) is 12.8. The summed E-state index contributed by atoms with van der Waals surface area (Å²) in [7, 11) is 0. The van der Waals surface area contributed by atoms with Gasteiger partial charge in [0.05, 0.1) is 11.3 Å². The monoisotopic (exact) mass is 602 g/mol. The minimum absolute atomic E-state index is 0.133. The highest BCUT2D eigenvalue weighted by molar-refractivity contribution is 5.62. The molecule has 2 N–H and O–H groups in total. The molecule has 44 heavy (non-hydrogen) atoms. The van der Waals surface area contributed by atoms with Crippen LogP contribution in [0.5, 0.6) is 0 Å². The number of nitriles is 1. The highest BCUT2D eigenvalue weighted by Crippen LogP contribution is 2.40. The lowest BCUT2D eigenvalue weighted by atomic mass is 9.83. The van der Waals surface area contributed by atoms with Crippen molar-refractivity contribution in [2.45, 2.75) is 129 Å². The highest BCUT2D eigenvalue weighted by atomic mass is 19.1. The van der Waals surface area contributed by atoms with Gasteiger partial charge in [0.25, 0.3) is 0 Å². The standard InChI is InChI=1S/C28H37N5.C9H18FN/c1-3-27-31-26-14-23-21(12-13-25(30)24(23)15-29)18(2)8-4-7-11-22(26)28(32-27)33-16-20(17-33)19-9-5-6-10-19;1-4-9(3)6-8(10)7-11(9)5-2/h12-13,18-20H,3-11,14,16-17,30H2,1-2H3;8H,4-7H2,1-3H3. The maximum atomic E-state index is 13.0. The average molecular weight is 603 g/mol. The van der Waals surface area contributed by atoms with Crippen LogP contribution in [0, 0.1) is 23.2 Å². The Kier molecular flexibility index (Phi) is 10.5. The van der Waals surface area contributed by atoms with Gasteiger partial charge in [0.15, 0.2) is 0 Å². The number of likely N-dealkylation sites (tertiary alicyclic amines) is 1. The molecule has 6 nitrogen and oxygen atoms in total. The third-order valence-electron chi connectivity index (χ3n) is 11.4. The summed E-state index contributed by atoms with van der Waals surface area (Å²) >= 11 is 0. The van der Waals surface area contributed by atoms with Crippen LogP contribution < -0.4 is 10.6 Å². The number of hydrogen-bond acceptors (Lipinski definition) is 6. The number of alkyl halides is 1. The second kappa shape index (κ2) is 14.1. The molecule has 0 spiro atoms. The molecule has 0 amide bonds. The molecular weight excluding hydrogens is 547 g/mol. The van der Waals surface area contributed by atoms with Crippen LogP contribution in [0.15, 0.2) is 12.1 Å². The zero-order valence-corrected chi connectivity index (χ0v) is 28.0. The van der Waals surface area contributed by atoms with Gasteiger partial charge in [0.2, 0.25) is 0 Å². The summed E-state index contributed by atoms with van der Waals surface area (Å²) < 4.78 is 13.0. The molecule has 0 radical (unpaired) electrons. The van der Waals surface area contributed by atoms with E-state index in [4.69, 9.17) is 15.7 Å². The van der Waals surface area contributed by atoms with Crippen LogP contribution in [-0.2, 0) is 19.3 Å². The molecule has 2 aliphatic heterocycles. The zero-order chi connectivity index (χ0) is 31.4. The molecule has 2 aromatic rings. The van der Waals surface area contributed by atoms with E-state index in [0.717, 1.165) is 87.1 Å². The molecule has 3 fully saturated rings. The number of nitrogens with zero attached hydrogens (tertiary/aromatic N) is 5. The Labute approximate surface area is 265 Å².